The van der Waals surface area contributed by atoms with Crippen molar-refractivity contribution < 1.29 is 0 Å². The van der Waals surface area contributed by atoms with Crippen LogP contribution in [-0.4, -0.2) is 0 Å². The second-order valence-electron chi connectivity index (χ2n) is 15.3. The van der Waals surface area contributed by atoms with Crippen LogP contribution < -0.4 is 0 Å². The Balaban J connectivity index is 1.08. The zero-order chi connectivity index (χ0) is 37.2. The highest BCUT2D eigenvalue weighted by Gasteiger charge is 2.46. The molecule has 0 radical (unpaired) electrons. The molecule has 0 saturated carbocycles. The molecule has 11 rings (SSSR count). The topological polar surface area (TPSA) is 0 Å². The average Bonchev–Trinajstić information content (AvgIpc) is 3.55. The third-order valence-electron chi connectivity index (χ3n) is 12.2. The first-order chi connectivity index (χ1) is 27.7. The smallest absolute Gasteiger partial charge is 0.0622 e. The minimum atomic E-state index is -0.431. The molecule has 0 nitrogen and oxygen atoms in total. The molecule has 1 aliphatic carbocycles. The predicted octanol–water partition coefficient (Wildman–Crippen LogP) is 14.8. The summed E-state index contributed by atoms with van der Waals surface area (Å²) in [5.41, 5.74) is 16.2. The maximum Gasteiger partial charge on any atom is 0.0713 e. The Bertz CT molecular complexity index is 3020. The van der Waals surface area contributed by atoms with Crippen LogP contribution in [0.5, 0.6) is 0 Å². The van der Waals surface area contributed by atoms with E-state index in [9.17, 15) is 0 Å². The second kappa shape index (κ2) is 12.8. The molecule has 56 heavy (non-hydrogen) atoms. The Morgan fingerprint density at radius 1 is 0.304 bits per heavy atom. The maximum atomic E-state index is 2.46. The molecule has 0 bridgehead atoms. The van der Waals surface area contributed by atoms with Crippen molar-refractivity contribution in [2.75, 3.05) is 0 Å². The summed E-state index contributed by atoms with van der Waals surface area (Å²) >= 11 is 0. The van der Waals surface area contributed by atoms with E-state index in [4.69, 9.17) is 0 Å². The maximum absolute atomic E-state index is 2.46. The van der Waals surface area contributed by atoms with Gasteiger partial charge in [0.15, 0.2) is 0 Å². The van der Waals surface area contributed by atoms with Gasteiger partial charge in [-0.3, -0.25) is 0 Å². The summed E-state index contributed by atoms with van der Waals surface area (Å²) in [5, 5.41) is 7.59. The molecule has 0 unspecified atom stereocenters. The van der Waals surface area contributed by atoms with Gasteiger partial charge in [0.1, 0.15) is 0 Å². The quantitative estimate of drug-likeness (QED) is 0.156. The van der Waals surface area contributed by atoms with E-state index < -0.39 is 5.41 Å². The molecule has 0 aromatic heterocycles. The fourth-order valence-corrected chi connectivity index (χ4v) is 9.71. The van der Waals surface area contributed by atoms with E-state index in [0.717, 1.165) is 0 Å². The highest BCUT2D eigenvalue weighted by molar-refractivity contribution is 6.21. The lowest BCUT2D eigenvalue weighted by Gasteiger charge is -2.34. The van der Waals surface area contributed by atoms with Gasteiger partial charge in [0.2, 0.25) is 0 Å². The van der Waals surface area contributed by atoms with Gasteiger partial charge in [0.05, 0.1) is 5.41 Å². The highest BCUT2D eigenvalue weighted by atomic mass is 14.5. The van der Waals surface area contributed by atoms with Crippen LogP contribution in [0.1, 0.15) is 27.8 Å². The third-order valence-corrected chi connectivity index (χ3v) is 12.2. The summed E-state index contributed by atoms with van der Waals surface area (Å²) in [6.45, 7) is 2.21. The second-order valence-corrected chi connectivity index (χ2v) is 15.3. The first kappa shape index (κ1) is 32.4. The van der Waals surface area contributed by atoms with Crippen molar-refractivity contribution in [3.63, 3.8) is 0 Å². The van der Waals surface area contributed by atoms with Crippen LogP contribution in [0.15, 0.2) is 212 Å². The number of aryl methyl sites for hydroxylation is 1. The Morgan fingerprint density at radius 2 is 0.750 bits per heavy atom. The largest absolute Gasteiger partial charge is 0.0713 e. The highest BCUT2D eigenvalue weighted by Crippen LogP contribution is 2.57. The molecule has 0 amide bonds. The molecule has 0 heterocycles. The van der Waals surface area contributed by atoms with E-state index in [1.54, 1.807) is 0 Å². The molecule has 0 aliphatic heterocycles. The Kier molecular flexibility index (Phi) is 7.41. The molecular formula is C56H38. The number of hydrogen-bond donors (Lipinski definition) is 0. The fraction of sp³-hybridized carbons (Fsp3) is 0.0357. The third kappa shape index (κ3) is 4.86. The standard InChI is InChI=1S/C56H38/c1-37-24-32-46-47-33-31-42(36-53(47)56(52(46)34-37,44-16-4-2-5-17-44)45-18-6-3-7-19-45)39-25-28-40(29-26-39)54-48-20-10-12-22-50(48)55(51-23-13-11-21-49(51)54)43-30-27-38-14-8-9-15-41(38)35-43/h2-36H,1H3. The summed E-state index contributed by atoms with van der Waals surface area (Å²) in [7, 11) is 0. The van der Waals surface area contributed by atoms with Crippen LogP contribution in [-0.2, 0) is 5.41 Å². The van der Waals surface area contributed by atoms with E-state index in [0.29, 0.717) is 0 Å². The molecule has 10 aromatic carbocycles. The van der Waals surface area contributed by atoms with E-state index in [1.807, 2.05) is 0 Å². The van der Waals surface area contributed by atoms with Crippen molar-refractivity contribution in [2.24, 2.45) is 0 Å². The van der Waals surface area contributed by atoms with E-state index >= 15 is 0 Å². The number of rotatable bonds is 5. The monoisotopic (exact) mass is 710 g/mol. The van der Waals surface area contributed by atoms with E-state index in [2.05, 4.69) is 219 Å². The van der Waals surface area contributed by atoms with Crippen molar-refractivity contribution in [1.82, 2.24) is 0 Å². The molecule has 0 spiro atoms. The summed E-state index contributed by atoms with van der Waals surface area (Å²) in [4.78, 5) is 0. The molecule has 1 aliphatic rings. The zero-order valence-electron chi connectivity index (χ0n) is 31.2. The van der Waals surface area contributed by atoms with Crippen LogP contribution in [0.2, 0.25) is 0 Å². The molecular weight excluding hydrogens is 673 g/mol. The summed E-state index contributed by atoms with van der Waals surface area (Å²) in [6.07, 6.45) is 0. The number of benzene rings is 10. The van der Waals surface area contributed by atoms with Gasteiger partial charge >= 0.3 is 0 Å². The average molecular weight is 711 g/mol. The van der Waals surface area contributed by atoms with Gasteiger partial charge in [0.25, 0.3) is 0 Å². The van der Waals surface area contributed by atoms with Crippen molar-refractivity contribution in [1.29, 1.82) is 0 Å². The van der Waals surface area contributed by atoms with E-state index in [-0.39, 0.29) is 0 Å². The Labute approximate surface area is 328 Å². The fourth-order valence-electron chi connectivity index (χ4n) is 9.71. The molecule has 0 saturated heterocycles. The predicted molar refractivity (Wildman–Crippen MR) is 237 cm³/mol. The Hall–Kier alpha value is -7.02. The molecule has 0 fully saturated rings. The van der Waals surface area contributed by atoms with Crippen LogP contribution >= 0.6 is 0 Å². The summed E-state index contributed by atoms with van der Waals surface area (Å²) in [6, 6.07) is 78.9. The van der Waals surface area contributed by atoms with E-state index in [1.165, 1.54) is 105 Å². The van der Waals surface area contributed by atoms with Gasteiger partial charge < -0.3 is 0 Å². The zero-order valence-corrected chi connectivity index (χ0v) is 31.2. The Morgan fingerprint density at radius 3 is 1.36 bits per heavy atom. The molecule has 10 aromatic rings. The lowest BCUT2D eigenvalue weighted by atomic mass is 9.67. The normalized spacial score (nSPS) is 12.9. The van der Waals surface area contributed by atoms with Gasteiger partial charge in [-0.2, -0.15) is 0 Å². The van der Waals surface area contributed by atoms with Crippen molar-refractivity contribution in [2.45, 2.75) is 12.3 Å². The minimum absolute atomic E-state index is 0.431. The van der Waals surface area contributed by atoms with Crippen molar-refractivity contribution >= 4 is 32.3 Å². The molecule has 0 heteroatoms. The summed E-state index contributed by atoms with van der Waals surface area (Å²) < 4.78 is 0. The van der Waals surface area contributed by atoms with Crippen molar-refractivity contribution in [3.8, 4) is 44.5 Å². The molecule has 0 atom stereocenters. The number of hydrogen-bond acceptors (Lipinski definition) is 0. The minimum Gasteiger partial charge on any atom is -0.0622 e. The van der Waals surface area contributed by atoms with Crippen molar-refractivity contribution in [3.05, 3.63) is 240 Å². The van der Waals surface area contributed by atoms with Gasteiger partial charge in [-0.15, -0.1) is 0 Å². The lowest BCUT2D eigenvalue weighted by Crippen LogP contribution is -2.28. The van der Waals surface area contributed by atoms with Gasteiger partial charge in [-0.25, -0.2) is 0 Å². The van der Waals surface area contributed by atoms with Crippen LogP contribution in [0.25, 0.3) is 76.8 Å². The lowest BCUT2D eigenvalue weighted by molar-refractivity contribution is 0.768. The van der Waals surface area contributed by atoms with Gasteiger partial charge in [-0.05, 0) is 118 Å². The number of fused-ring (bicyclic) bond motifs is 6. The van der Waals surface area contributed by atoms with Gasteiger partial charge in [-0.1, -0.05) is 206 Å². The molecule has 0 N–H and O–H groups in total. The van der Waals surface area contributed by atoms with Crippen LogP contribution in [0.3, 0.4) is 0 Å². The molecule has 262 valence electrons. The summed E-state index contributed by atoms with van der Waals surface area (Å²) in [5.74, 6) is 0. The van der Waals surface area contributed by atoms with Crippen LogP contribution in [0, 0.1) is 6.92 Å². The SMILES string of the molecule is Cc1ccc2c(c1)C(c1ccccc1)(c1ccccc1)c1cc(-c3ccc(-c4c5ccccc5c(-c5ccc6ccccc6c5)c5ccccc45)cc3)ccc1-2. The van der Waals surface area contributed by atoms with Crippen LogP contribution in [0.4, 0.5) is 0 Å². The van der Waals surface area contributed by atoms with Gasteiger partial charge in [0, 0.05) is 0 Å². The first-order valence-electron chi connectivity index (χ1n) is 19.6. The first-order valence-corrected chi connectivity index (χ1v) is 19.6.